The minimum absolute atomic E-state index is 0.476. The summed E-state index contributed by atoms with van der Waals surface area (Å²) in [6.07, 6.45) is 2.83. The molecule has 0 radical (unpaired) electrons. The van der Waals surface area contributed by atoms with Crippen molar-refractivity contribution in [2.45, 2.75) is 25.4 Å². The minimum Gasteiger partial charge on any atom is -0.389 e. The van der Waals surface area contributed by atoms with Crippen molar-refractivity contribution in [1.82, 2.24) is 9.80 Å². The summed E-state index contributed by atoms with van der Waals surface area (Å²) >= 11 is 4.97. The average molecular weight is 275 g/mol. The van der Waals surface area contributed by atoms with Gasteiger partial charge in [-0.05, 0) is 18.4 Å². The van der Waals surface area contributed by atoms with Crippen molar-refractivity contribution in [2.24, 2.45) is 5.73 Å². The highest BCUT2D eigenvalue weighted by molar-refractivity contribution is 7.80. The zero-order valence-corrected chi connectivity index (χ0v) is 12.0. The van der Waals surface area contributed by atoms with Crippen LogP contribution in [0.5, 0.6) is 0 Å². The predicted octanol–water partition coefficient (Wildman–Crippen LogP) is 1.60. The Morgan fingerprint density at radius 2 is 1.74 bits per heavy atom. The molecule has 1 aliphatic carbocycles. The summed E-state index contributed by atoms with van der Waals surface area (Å²) < 4.78 is 0. The molecular formula is C15H21N3S. The van der Waals surface area contributed by atoms with Crippen LogP contribution in [0.4, 0.5) is 0 Å². The Balaban J connectivity index is 1.52. The first kappa shape index (κ1) is 13.0. The summed E-state index contributed by atoms with van der Waals surface area (Å²) in [5.74, 6) is 0. The van der Waals surface area contributed by atoms with E-state index in [9.17, 15) is 0 Å². The molecule has 1 heterocycles. The molecule has 1 aromatic rings. The molecule has 0 unspecified atom stereocenters. The van der Waals surface area contributed by atoms with Gasteiger partial charge in [0.2, 0.25) is 0 Å². The van der Waals surface area contributed by atoms with Gasteiger partial charge in [0.1, 0.15) is 4.99 Å². The maximum atomic E-state index is 5.61. The molecule has 1 aliphatic heterocycles. The molecule has 3 rings (SSSR count). The average Bonchev–Trinajstić information content (AvgIpc) is 3.25. The molecule has 1 aromatic carbocycles. The molecule has 2 fully saturated rings. The number of hydrogen-bond acceptors (Lipinski definition) is 3. The van der Waals surface area contributed by atoms with Gasteiger partial charge in [-0.2, -0.15) is 0 Å². The van der Waals surface area contributed by atoms with Crippen molar-refractivity contribution < 1.29 is 0 Å². The second-order valence-electron chi connectivity index (χ2n) is 5.60. The quantitative estimate of drug-likeness (QED) is 0.846. The number of piperazine rings is 1. The maximum Gasteiger partial charge on any atom is 0.103 e. The summed E-state index contributed by atoms with van der Waals surface area (Å²) in [6.45, 7) is 5.88. The number of rotatable bonds is 4. The standard InChI is InChI=1S/C15H21N3S/c16-15(19)13-3-1-12(2-4-13)11-17-7-9-18(10-8-17)14-5-6-14/h1-4,14H,5-11H2,(H2,16,19). The van der Waals surface area contributed by atoms with Crippen LogP contribution < -0.4 is 5.73 Å². The van der Waals surface area contributed by atoms with Gasteiger partial charge in [-0.15, -0.1) is 0 Å². The van der Waals surface area contributed by atoms with E-state index >= 15 is 0 Å². The SMILES string of the molecule is NC(=S)c1ccc(CN2CCN(C3CC3)CC2)cc1. The van der Waals surface area contributed by atoms with Gasteiger partial charge >= 0.3 is 0 Å². The van der Waals surface area contributed by atoms with E-state index in [1.807, 2.05) is 12.1 Å². The van der Waals surface area contributed by atoms with Crippen LogP contribution in [0.1, 0.15) is 24.0 Å². The van der Waals surface area contributed by atoms with E-state index in [-0.39, 0.29) is 0 Å². The molecule has 0 bridgehead atoms. The summed E-state index contributed by atoms with van der Waals surface area (Å²) in [7, 11) is 0. The van der Waals surface area contributed by atoms with Gasteiger partial charge in [-0.1, -0.05) is 36.5 Å². The first-order chi connectivity index (χ1) is 9.22. The van der Waals surface area contributed by atoms with Crippen LogP contribution in [0.2, 0.25) is 0 Å². The minimum atomic E-state index is 0.476. The van der Waals surface area contributed by atoms with Crippen molar-refractivity contribution in [2.75, 3.05) is 26.2 Å². The Labute approximate surface area is 120 Å². The lowest BCUT2D eigenvalue weighted by Gasteiger charge is -2.34. The van der Waals surface area contributed by atoms with E-state index in [1.54, 1.807) is 0 Å². The van der Waals surface area contributed by atoms with Crippen LogP contribution >= 0.6 is 12.2 Å². The van der Waals surface area contributed by atoms with Gasteiger partial charge in [-0.3, -0.25) is 9.80 Å². The molecule has 0 atom stereocenters. The van der Waals surface area contributed by atoms with E-state index in [2.05, 4.69) is 21.9 Å². The molecule has 0 amide bonds. The van der Waals surface area contributed by atoms with Crippen LogP contribution in [-0.2, 0) is 6.54 Å². The second-order valence-corrected chi connectivity index (χ2v) is 6.04. The molecule has 3 nitrogen and oxygen atoms in total. The van der Waals surface area contributed by atoms with Crippen LogP contribution in [0.3, 0.4) is 0 Å². The van der Waals surface area contributed by atoms with Crippen LogP contribution in [0, 0.1) is 0 Å². The van der Waals surface area contributed by atoms with Crippen molar-refractivity contribution in [1.29, 1.82) is 0 Å². The van der Waals surface area contributed by atoms with E-state index in [1.165, 1.54) is 44.6 Å². The number of hydrogen-bond donors (Lipinski definition) is 1. The highest BCUT2D eigenvalue weighted by atomic mass is 32.1. The van der Waals surface area contributed by atoms with Gasteiger partial charge in [0.05, 0.1) is 0 Å². The Morgan fingerprint density at radius 1 is 1.11 bits per heavy atom. The second kappa shape index (κ2) is 5.57. The molecule has 1 saturated carbocycles. The fourth-order valence-corrected chi connectivity index (χ4v) is 2.89. The lowest BCUT2D eigenvalue weighted by molar-refractivity contribution is 0.121. The number of nitrogens with two attached hydrogens (primary N) is 1. The smallest absolute Gasteiger partial charge is 0.103 e. The summed E-state index contributed by atoms with van der Waals surface area (Å²) in [5.41, 5.74) is 7.92. The first-order valence-corrected chi connectivity index (χ1v) is 7.48. The predicted molar refractivity (Wildman–Crippen MR) is 82.2 cm³/mol. The largest absolute Gasteiger partial charge is 0.389 e. The summed E-state index contributed by atoms with van der Waals surface area (Å²) in [6, 6.07) is 9.24. The Kier molecular flexibility index (Phi) is 3.82. The summed E-state index contributed by atoms with van der Waals surface area (Å²) in [5, 5.41) is 0. The molecule has 4 heteroatoms. The maximum absolute atomic E-state index is 5.61. The third kappa shape index (κ3) is 3.32. The van der Waals surface area contributed by atoms with E-state index in [4.69, 9.17) is 18.0 Å². The molecule has 1 saturated heterocycles. The van der Waals surface area contributed by atoms with Crippen LogP contribution in [0.15, 0.2) is 24.3 Å². The van der Waals surface area contributed by atoms with Gasteiger partial charge in [0.25, 0.3) is 0 Å². The number of thiocarbonyl (C=S) groups is 1. The normalized spacial score (nSPS) is 21.5. The van der Waals surface area contributed by atoms with Crippen molar-refractivity contribution >= 4 is 17.2 Å². The first-order valence-electron chi connectivity index (χ1n) is 7.07. The third-order valence-electron chi connectivity index (χ3n) is 4.11. The molecule has 19 heavy (non-hydrogen) atoms. The van der Waals surface area contributed by atoms with Gasteiger partial charge in [-0.25, -0.2) is 0 Å². The van der Waals surface area contributed by atoms with E-state index in [0.29, 0.717) is 4.99 Å². The Morgan fingerprint density at radius 3 is 2.26 bits per heavy atom. The molecule has 0 aromatic heterocycles. The fraction of sp³-hybridized carbons (Fsp3) is 0.533. The highest BCUT2D eigenvalue weighted by Crippen LogP contribution is 2.27. The van der Waals surface area contributed by atoms with Crippen molar-refractivity contribution in [3.63, 3.8) is 0 Å². The van der Waals surface area contributed by atoms with Crippen molar-refractivity contribution in [3.8, 4) is 0 Å². The molecule has 2 aliphatic rings. The zero-order valence-electron chi connectivity index (χ0n) is 11.2. The number of benzene rings is 1. The monoisotopic (exact) mass is 275 g/mol. The lowest BCUT2D eigenvalue weighted by Crippen LogP contribution is -2.46. The van der Waals surface area contributed by atoms with Crippen molar-refractivity contribution in [3.05, 3.63) is 35.4 Å². The molecule has 2 N–H and O–H groups in total. The lowest BCUT2D eigenvalue weighted by atomic mass is 10.1. The van der Waals surface area contributed by atoms with Gasteiger partial charge in [0.15, 0.2) is 0 Å². The third-order valence-corrected chi connectivity index (χ3v) is 4.35. The molecule has 0 spiro atoms. The van der Waals surface area contributed by atoms with E-state index < -0.39 is 0 Å². The van der Waals surface area contributed by atoms with E-state index in [0.717, 1.165) is 18.2 Å². The highest BCUT2D eigenvalue weighted by Gasteiger charge is 2.30. The Hall–Kier alpha value is -0.970. The molecule has 102 valence electrons. The van der Waals surface area contributed by atoms with Gasteiger partial charge in [0, 0.05) is 44.3 Å². The van der Waals surface area contributed by atoms with Crippen LogP contribution in [0.25, 0.3) is 0 Å². The fourth-order valence-electron chi connectivity index (χ4n) is 2.76. The molecular weight excluding hydrogens is 254 g/mol. The van der Waals surface area contributed by atoms with Gasteiger partial charge < -0.3 is 5.73 Å². The number of nitrogens with zero attached hydrogens (tertiary/aromatic N) is 2. The van der Waals surface area contributed by atoms with Crippen LogP contribution in [-0.4, -0.2) is 47.0 Å². The summed E-state index contributed by atoms with van der Waals surface area (Å²) in [4.78, 5) is 5.66. The topological polar surface area (TPSA) is 32.5 Å². The Bertz CT molecular complexity index is 445. The zero-order chi connectivity index (χ0) is 13.2.